The third-order valence-corrected chi connectivity index (χ3v) is 2.50. The van der Waals surface area contributed by atoms with E-state index in [9.17, 15) is 4.79 Å². The van der Waals surface area contributed by atoms with Gasteiger partial charge in [0.2, 0.25) is 0 Å². The van der Waals surface area contributed by atoms with Gasteiger partial charge in [-0.3, -0.25) is 4.68 Å². The van der Waals surface area contributed by atoms with Crippen LogP contribution in [0.25, 0.3) is 0 Å². The summed E-state index contributed by atoms with van der Waals surface area (Å²) in [5.74, 6) is -0.416. The zero-order valence-corrected chi connectivity index (χ0v) is 9.91. The highest BCUT2D eigenvalue weighted by Gasteiger charge is 2.20. The molecule has 0 aromatic carbocycles. The Morgan fingerprint density at radius 3 is 2.87 bits per heavy atom. The van der Waals surface area contributed by atoms with Gasteiger partial charge in [-0.1, -0.05) is 18.5 Å². The van der Waals surface area contributed by atoms with Crippen molar-refractivity contribution < 1.29 is 9.53 Å². The highest BCUT2D eigenvalue weighted by atomic mass is 35.5. The molecule has 0 unspecified atom stereocenters. The number of carbonyl (C=O) groups is 1. The van der Waals surface area contributed by atoms with Crippen molar-refractivity contribution in [1.29, 1.82) is 0 Å². The molecule has 1 rings (SSSR count). The van der Waals surface area contributed by atoms with Gasteiger partial charge in [-0.25, -0.2) is 4.79 Å². The second-order valence-corrected chi connectivity index (χ2v) is 3.67. The van der Waals surface area contributed by atoms with Gasteiger partial charge in [0.05, 0.1) is 17.8 Å². The molecule has 0 aliphatic heterocycles. The molecular formula is C10H15ClN2O2. The van der Waals surface area contributed by atoms with E-state index in [1.54, 1.807) is 11.6 Å². The second kappa shape index (κ2) is 5.16. The third-order valence-electron chi connectivity index (χ3n) is 2.23. The fourth-order valence-corrected chi connectivity index (χ4v) is 1.45. The third kappa shape index (κ3) is 2.50. The lowest BCUT2D eigenvalue weighted by atomic mass is 10.2. The normalized spacial score (nSPS) is 12.5. The molecule has 0 amide bonds. The Bertz CT molecular complexity index is 349. The van der Waals surface area contributed by atoms with Crippen LogP contribution in [0, 0.1) is 0 Å². The van der Waals surface area contributed by atoms with Crippen LogP contribution < -0.4 is 0 Å². The molecule has 0 fully saturated rings. The Morgan fingerprint density at radius 1 is 1.67 bits per heavy atom. The molecule has 0 aliphatic carbocycles. The molecule has 1 aromatic rings. The van der Waals surface area contributed by atoms with Crippen LogP contribution in [0.15, 0.2) is 6.20 Å². The summed E-state index contributed by atoms with van der Waals surface area (Å²) < 4.78 is 6.53. The number of halogens is 1. The second-order valence-electron chi connectivity index (χ2n) is 3.26. The maximum Gasteiger partial charge on any atom is 0.358 e. The van der Waals surface area contributed by atoms with Crippen LogP contribution in [0.5, 0.6) is 0 Å². The summed E-state index contributed by atoms with van der Waals surface area (Å²) in [6.45, 7) is 6.10. The van der Waals surface area contributed by atoms with Gasteiger partial charge in [0.1, 0.15) is 0 Å². The Kier molecular flexibility index (Phi) is 4.15. The minimum atomic E-state index is -0.416. The van der Waals surface area contributed by atoms with E-state index < -0.39 is 5.97 Å². The van der Waals surface area contributed by atoms with E-state index in [1.807, 2.05) is 13.8 Å². The summed E-state index contributed by atoms with van der Waals surface area (Å²) in [7, 11) is 0. The first-order valence-electron chi connectivity index (χ1n) is 5.01. The van der Waals surface area contributed by atoms with Crippen molar-refractivity contribution in [3.8, 4) is 0 Å². The Morgan fingerprint density at radius 2 is 2.33 bits per heavy atom. The number of hydrogen-bond donors (Lipinski definition) is 0. The van der Waals surface area contributed by atoms with Gasteiger partial charge in [-0.2, -0.15) is 5.10 Å². The lowest BCUT2D eigenvalue weighted by Gasteiger charge is -2.12. The van der Waals surface area contributed by atoms with Crippen molar-refractivity contribution in [3.63, 3.8) is 0 Å². The van der Waals surface area contributed by atoms with Crippen LogP contribution in [0.2, 0.25) is 5.02 Å². The van der Waals surface area contributed by atoms with E-state index in [-0.39, 0.29) is 6.04 Å². The number of rotatable bonds is 4. The largest absolute Gasteiger partial charge is 0.461 e. The van der Waals surface area contributed by atoms with Crippen molar-refractivity contribution in [2.75, 3.05) is 6.61 Å². The van der Waals surface area contributed by atoms with Crippen molar-refractivity contribution >= 4 is 17.6 Å². The maximum atomic E-state index is 11.6. The van der Waals surface area contributed by atoms with Crippen molar-refractivity contribution in [3.05, 3.63) is 16.9 Å². The molecule has 5 heteroatoms. The summed E-state index contributed by atoms with van der Waals surface area (Å²) in [6, 6.07) is 0.136. The average molecular weight is 231 g/mol. The molecule has 1 atom stereocenters. The number of esters is 1. The van der Waals surface area contributed by atoms with Gasteiger partial charge in [-0.05, 0) is 20.3 Å². The topological polar surface area (TPSA) is 44.1 Å². The van der Waals surface area contributed by atoms with Crippen LogP contribution in [-0.4, -0.2) is 22.4 Å². The van der Waals surface area contributed by atoms with E-state index in [0.717, 1.165) is 6.42 Å². The molecule has 15 heavy (non-hydrogen) atoms. The molecule has 0 radical (unpaired) electrons. The summed E-state index contributed by atoms with van der Waals surface area (Å²) in [4.78, 5) is 11.6. The molecule has 1 aromatic heterocycles. The number of ether oxygens (including phenoxy) is 1. The molecule has 0 saturated carbocycles. The zero-order chi connectivity index (χ0) is 11.4. The molecule has 0 bridgehead atoms. The van der Waals surface area contributed by atoms with Gasteiger partial charge < -0.3 is 4.74 Å². The Balaban J connectivity index is 3.03. The fraction of sp³-hybridized carbons (Fsp3) is 0.600. The number of hydrogen-bond acceptors (Lipinski definition) is 3. The number of nitrogens with zero attached hydrogens (tertiary/aromatic N) is 2. The molecule has 0 spiro atoms. The first-order valence-corrected chi connectivity index (χ1v) is 5.39. The van der Waals surface area contributed by atoms with Gasteiger partial charge >= 0.3 is 5.97 Å². The summed E-state index contributed by atoms with van der Waals surface area (Å²) >= 11 is 5.89. The lowest BCUT2D eigenvalue weighted by molar-refractivity contribution is 0.0509. The first kappa shape index (κ1) is 12.0. The standard InChI is InChI=1S/C10H15ClN2O2/c1-4-7(3)13-9(8(11)6-12-13)10(14)15-5-2/h6-7H,4-5H2,1-3H3/t7-/m1/s1. The molecule has 84 valence electrons. The molecule has 0 N–H and O–H groups in total. The van der Waals surface area contributed by atoms with E-state index in [2.05, 4.69) is 5.10 Å². The van der Waals surface area contributed by atoms with Crippen molar-refractivity contribution in [2.45, 2.75) is 33.2 Å². The van der Waals surface area contributed by atoms with Gasteiger partial charge in [0, 0.05) is 6.04 Å². The van der Waals surface area contributed by atoms with Gasteiger partial charge in [-0.15, -0.1) is 0 Å². The Hall–Kier alpha value is -1.03. The molecular weight excluding hydrogens is 216 g/mol. The monoisotopic (exact) mass is 230 g/mol. The number of carbonyl (C=O) groups excluding carboxylic acids is 1. The molecule has 0 aliphatic rings. The minimum Gasteiger partial charge on any atom is -0.461 e. The number of aromatic nitrogens is 2. The lowest BCUT2D eigenvalue weighted by Crippen LogP contribution is -2.16. The minimum absolute atomic E-state index is 0.136. The predicted molar refractivity (Wildman–Crippen MR) is 58.2 cm³/mol. The van der Waals surface area contributed by atoms with Gasteiger partial charge in [0.25, 0.3) is 0 Å². The zero-order valence-electron chi connectivity index (χ0n) is 9.16. The molecule has 0 saturated heterocycles. The summed E-state index contributed by atoms with van der Waals surface area (Å²) in [5, 5.41) is 4.42. The first-order chi connectivity index (χ1) is 7.11. The van der Waals surface area contributed by atoms with E-state index >= 15 is 0 Å². The highest BCUT2D eigenvalue weighted by molar-refractivity contribution is 6.33. The summed E-state index contributed by atoms with van der Waals surface area (Å²) in [6.07, 6.45) is 2.35. The van der Waals surface area contributed by atoms with E-state index in [1.165, 1.54) is 6.20 Å². The van der Waals surface area contributed by atoms with E-state index in [0.29, 0.717) is 17.3 Å². The van der Waals surface area contributed by atoms with Crippen LogP contribution in [0.1, 0.15) is 43.7 Å². The average Bonchev–Trinajstić information content (AvgIpc) is 2.59. The summed E-state index contributed by atoms with van der Waals surface area (Å²) in [5.41, 5.74) is 0.341. The highest BCUT2D eigenvalue weighted by Crippen LogP contribution is 2.21. The van der Waals surface area contributed by atoms with Crippen LogP contribution >= 0.6 is 11.6 Å². The van der Waals surface area contributed by atoms with Gasteiger partial charge in [0.15, 0.2) is 5.69 Å². The smallest absolute Gasteiger partial charge is 0.358 e. The van der Waals surface area contributed by atoms with Crippen LogP contribution in [0.4, 0.5) is 0 Å². The maximum absolute atomic E-state index is 11.6. The SMILES string of the molecule is CCOC(=O)c1c(Cl)cnn1[C@H](C)CC. The van der Waals surface area contributed by atoms with Crippen LogP contribution in [-0.2, 0) is 4.74 Å². The Labute approximate surface area is 94.2 Å². The van der Waals surface area contributed by atoms with Crippen LogP contribution in [0.3, 0.4) is 0 Å². The van der Waals surface area contributed by atoms with Crippen molar-refractivity contribution in [2.24, 2.45) is 0 Å². The quantitative estimate of drug-likeness (QED) is 0.747. The molecule has 4 nitrogen and oxygen atoms in total. The van der Waals surface area contributed by atoms with Crippen molar-refractivity contribution in [1.82, 2.24) is 9.78 Å². The molecule has 1 heterocycles. The fourth-order valence-electron chi connectivity index (χ4n) is 1.24. The van der Waals surface area contributed by atoms with E-state index in [4.69, 9.17) is 16.3 Å². The predicted octanol–water partition coefficient (Wildman–Crippen LogP) is 2.68.